The summed E-state index contributed by atoms with van der Waals surface area (Å²) in [5.41, 5.74) is 4.28. The van der Waals surface area contributed by atoms with Crippen molar-refractivity contribution in [3.8, 4) is 0 Å². The fourth-order valence-corrected chi connectivity index (χ4v) is 8.57. The summed E-state index contributed by atoms with van der Waals surface area (Å²) in [7, 11) is 0. The number of thioether (sulfide) groups is 1. The van der Waals surface area contributed by atoms with Crippen LogP contribution in [0.2, 0.25) is 0 Å². The van der Waals surface area contributed by atoms with Gasteiger partial charge in [-0.15, -0.1) is 16.8 Å². The Morgan fingerprint density at radius 3 is 1.73 bits per heavy atom. The number of amides is 3. The average molecular weight is 700 g/mol. The van der Waals surface area contributed by atoms with Crippen LogP contribution < -0.4 is 0 Å². The number of imide groups is 1. The molecule has 2 aliphatic rings. The SMILES string of the molecule is O=C1c2ccccc2C(=O)N1OC[C@@H]1C[C@H](SC(c2ccccc2)(c2ccccc2)c2ccccc2)CN1C(=O)OCc1ccc([N+](=O)[O-])cc1. The van der Waals surface area contributed by atoms with Gasteiger partial charge in [-0.2, -0.15) is 0 Å². The van der Waals surface area contributed by atoms with Crippen LogP contribution in [-0.4, -0.2) is 57.2 Å². The molecule has 0 radical (unpaired) electrons. The predicted octanol–water partition coefficient (Wildman–Crippen LogP) is 7.63. The van der Waals surface area contributed by atoms with E-state index in [0.29, 0.717) is 18.5 Å². The Labute approximate surface area is 298 Å². The average Bonchev–Trinajstić information content (AvgIpc) is 3.69. The van der Waals surface area contributed by atoms with Crippen molar-refractivity contribution < 1.29 is 28.9 Å². The number of non-ortho nitro benzene ring substituents is 1. The zero-order valence-electron chi connectivity index (χ0n) is 27.4. The fourth-order valence-electron chi connectivity index (χ4n) is 6.70. The summed E-state index contributed by atoms with van der Waals surface area (Å²) in [4.78, 5) is 58.1. The third kappa shape index (κ3) is 6.73. The van der Waals surface area contributed by atoms with E-state index < -0.39 is 33.6 Å². The Morgan fingerprint density at radius 1 is 0.745 bits per heavy atom. The van der Waals surface area contributed by atoms with E-state index in [1.54, 1.807) is 53.1 Å². The van der Waals surface area contributed by atoms with E-state index in [2.05, 4.69) is 36.4 Å². The molecule has 7 rings (SSSR count). The minimum atomic E-state index is -0.652. The zero-order valence-corrected chi connectivity index (χ0v) is 28.2. The standard InChI is InChI=1S/C40H33N3O7S/c44-37-35-18-10-11-19-36(35)38(45)42(37)50-27-33-24-34(25-41(33)39(46)49-26-28-20-22-32(23-21-28)43(47)48)51-40(29-12-4-1-5-13-29,30-14-6-2-7-15-30)31-16-8-3-9-17-31/h1-23,33-34H,24-27H2/t33-,34-/m0/s1. The summed E-state index contributed by atoms with van der Waals surface area (Å²) in [6.07, 6.45) is -0.119. The molecule has 0 aromatic heterocycles. The Kier molecular flexibility index (Phi) is 9.65. The van der Waals surface area contributed by atoms with E-state index in [9.17, 15) is 24.5 Å². The zero-order chi connectivity index (χ0) is 35.4. The number of nitrogens with zero attached hydrogens (tertiary/aromatic N) is 3. The van der Waals surface area contributed by atoms with Gasteiger partial charge in [0.2, 0.25) is 0 Å². The lowest BCUT2D eigenvalue weighted by atomic mass is 9.84. The first-order valence-corrected chi connectivity index (χ1v) is 17.3. The molecule has 256 valence electrons. The lowest BCUT2D eigenvalue weighted by Gasteiger charge is -2.37. The number of rotatable bonds is 11. The van der Waals surface area contributed by atoms with E-state index in [1.807, 2.05) is 54.6 Å². The lowest BCUT2D eigenvalue weighted by molar-refractivity contribution is -0.384. The highest BCUT2D eigenvalue weighted by Crippen LogP contribution is 2.52. The van der Waals surface area contributed by atoms with Crippen molar-refractivity contribution >= 4 is 35.4 Å². The van der Waals surface area contributed by atoms with Crippen LogP contribution in [0.1, 0.15) is 49.4 Å². The molecule has 1 fully saturated rings. The van der Waals surface area contributed by atoms with Gasteiger partial charge in [0.05, 0.1) is 33.4 Å². The van der Waals surface area contributed by atoms with Crippen molar-refractivity contribution in [1.82, 2.24) is 9.96 Å². The number of carbonyl (C=O) groups excluding carboxylic acids is 3. The molecule has 0 N–H and O–H groups in total. The van der Waals surface area contributed by atoms with Gasteiger partial charge in [0.25, 0.3) is 17.5 Å². The quantitative estimate of drug-likeness (QED) is 0.0598. The Balaban J connectivity index is 1.18. The van der Waals surface area contributed by atoms with Crippen molar-refractivity contribution in [2.75, 3.05) is 13.2 Å². The third-order valence-electron chi connectivity index (χ3n) is 9.16. The molecule has 0 spiro atoms. The maximum atomic E-state index is 13.8. The van der Waals surface area contributed by atoms with Gasteiger partial charge in [0.1, 0.15) is 6.61 Å². The van der Waals surface area contributed by atoms with Gasteiger partial charge >= 0.3 is 6.09 Å². The number of hydrogen-bond acceptors (Lipinski definition) is 8. The number of carbonyl (C=O) groups is 3. The number of benzene rings is 5. The molecule has 10 nitrogen and oxygen atoms in total. The fraction of sp³-hybridized carbons (Fsp3) is 0.175. The molecule has 0 saturated carbocycles. The molecule has 2 aliphatic heterocycles. The molecular weight excluding hydrogens is 667 g/mol. The summed E-state index contributed by atoms with van der Waals surface area (Å²) >= 11 is 1.74. The van der Waals surface area contributed by atoms with Gasteiger partial charge in [-0.1, -0.05) is 103 Å². The second kappa shape index (κ2) is 14.6. The van der Waals surface area contributed by atoms with Gasteiger partial charge in [-0.3, -0.25) is 24.5 Å². The monoisotopic (exact) mass is 699 g/mol. The number of hydrogen-bond donors (Lipinski definition) is 0. The summed E-state index contributed by atoms with van der Waals surface area (Å²) in [6.45, 7) is 0.0808. The second-order valence-corrected chi connectivity index (χ2v) is 13.8. The molecule has 0 unspecified atom stereocenters. The van der Waals surface area contributed by atoms with Crippen LogP contribution in [0.5, 0.6) is 0 Å². The number of nitro benzene ring substituents is 1. The Hall–Kier alpha value is -5.78. The topological polar surface area (TPSA) is 119 Å². The van der Waals surface area contributed by atoms with E-state index in [0.717, 1.165) is 21.8 Å². The van der Waals surface area contributed by atoms with Gasteiger partial charge in [0, 0.05) is 23.9 Å². The number of ether oxygens (including phenoxy) is 1. The van der Waals surface area contributed by atoms with Crippen LogP contribution >= 0.6 is 11.8 Å². The molecule has 1 saturated heterocycles. The predicted molar refractivity (Wildman–Crippen MR) is 192 cm³/mol. The molecule has 5 aromatic carbocycles. The molecule has 0 bridgehead atoms. The highest BCUT2D eigenvalue weighted by molar-refractivity contribution is 8.01. The smallest absolute Gasteiger partial charge is 0.410 e. The molecule has 2 heterocycles. The van der Waals surface area contributed by atoms with Gasteiger partial charge in [0.15, 0.2) is 0 Å². The summed E-state index contributed by atoms with van der Waals surface area (Å²) in [5.74, 6) is -1.11. The molecule has 3 amide bonds. The molecule has 2 atom stereocenters. The van der Waals surface area contributed by atoms with Crippen molar-refractivity contribution in [3.63, 3.8) is 0 Å². The first-order valence-electron chi connectivity index (χ1n) is 16.5. The first kappa shape index (κ1) is 33.7. The summed E-state index contributed by atoms with van der Waals surface area (Å²) < 4.78 is 5.09. The van der Waals surface area contributed by atoms with Crippen LogP contribution in [-0.2, 0) is 20.9 Å². The maximum absolute atomic E-state index is 13.8. The number of fused-ring (bicyclic) bond motifs is 1. The number of nitro groups is 1. The third-order valence-corrected chi connectivity index (χ3v) is 10.9. The number of likely N-dealkylation sites (tertiary alicyclic amines) is 1. The van der Waals surface area contributed by atoms with Gasteiger partial charge in [-0.25, -0.2) is 4.79 Å². The normalized spacial score (nSPS) is 17.0. The van der Waals surface area contributed by atoms with Crippen molar-refractivity contribution in [3.05, 3.63) is 183 Å². The van der Waals surface area contributed by atoms with Crippen LogP contribution in [0.25, 0.3) is 0 Å². The van der Waals surface area contributed by atoms with Gasteiger partial charge in [-0.05, 0) is 52.9 Å². The minimum Gasteiger partial charge on any atom is -0.445 e. The van der Waals surface area contributed by atoms with E-state index >= 15 is 0 Å². The van der Waals surface area contributed by atoms with Crippen LogP contribution in [0.15, 0.2) is 140 Å². The highest BCUT2D eigenvalue weighted by Gasteiger charge is 2.46. The van der Waals surface area contributed by atoms with Crippen LogP contribution in [0.3, 0.4) is 0 Å². The molecular formula is C40H33N3O7S. The Morgan fingerprint density at radius 2 is 1.24 bits per heavy atom. The first-order chi connectivity index (χ1) is 24.8. The Bertz CT molecular complexity index is 1910. The largest absolute Gasteiger partial charge is 0.445 e. The molecule has 11 heteroatoms. The highest BCUT2D eigenvalue weighted by atomic mass is 32.2. The van der Waals surface area contributed by atoms with E-state index in [1.165, 1.54) is 12.1 Å². The van der Waals surface area contributed by atoms with E-state index in [-0.39, 0.29) is 35.3 Å². The van der Waals surface area contributed by atoms with Crippen LogP contribution in [0, 0.1) is 10.1 Å². The van der Waals surface area contributed by atoms with Gasteiger partial charge < -0.3 is 9.64 Å². The van der Waals surface area contributed by atoms with Crippen molar-refractivity contribution in [1.29, 1.82) is 0 Å². The summed E-state index contributed by atoms with van der Waals surface area (Å²) in [5, 5.41) is 11.7. The summed E-state index contributed by atoms with van der Waals surface area (Å²) in [6, 6.07) is 42.6. The molecule has 0 aliphatic carbocycles. The maximum Gasteiger partial charge on any atom is 0.410 e. The molecule has 51 heavy (non-hydrogen) atoms. The minimum absolute atomic E-state index is 0.0615. The molecule has 5 aromatic rings. The lowest BCUT2D eigenvalue weighted by Crippen LogP contribution is -2.41. The van der Waals surface area contributed by atoms with E-state index in [4.69, 9.17) is 9.57 Å². The van der Waals surface area contributed by atoms with Crippen molar-refractivity contribution in [2.24, 2.45) is 0 Å². The second-order valence-electron chi connectivity index (χ2n) is 12.3. The van der Waals surface area contributed by atoms with Crippen molar-refractivity contribution in [2.45, 2.75) is 29.1 Å². The van der Waals surface area contributed by atoms with Crippen LogP contribution in [0.4, 0.5) is 10.5 Å². The number of hydroxylamine groups is 2.